The first kappa shape index (κ1) is 15.5. The van der Waals surface area contributed by atoms with Crippen molar-refractivity contribution in [2.45, 2.75) is 4.90 Å². The second-order valence-electron chi connectivity index (χ2n) is 3.72. The van der Waals surface area contributed by atoms with Crippen LogP contribution in [-0.4, -0.2) is 32.3 Å². The zero-order chi connectivity index (χ0) is 14.5. The summed E-state index contributed by atoms with van der Waals surface area (Å²) in [4.78, 5) is 13.5. The number of rotatable bonds is 6. The van der Waals surface area contributed by atoms with Gasteiger partial charge in [0.2, 0.25) is 0 Å². The van der Waals surface area contributed by atoms with Crippen molar-refractivity contribution in [2.24, 2.45) is 0 Å². The fourth-order valence-corrected chi connectivity index (χ4v) is 2.64. The average molecular weight is 300 g/mol. The molecular weight excluding hydrogens is 286 g/mol. The van der Waals surface area contributed by atoms with Gasteiger partial charge in [-0.2, -0.15) is 0 Å². The van der Waals surface area contributed by atoms with Gasteiger partial charge in [0.25, 0.3) is 15.0 Å². The molecule has 1 aromatic rings. The highest BCUT2D eigenvalue weighted by Crippen LogP contribution is 2.21. The zero-order valence-corrected chi connectivity index (χ0v) is 11.8. The molecule has 4 nitrogen and oxygen atoms in total. The average Bonchev–Trinajstić information content (AvgIpc) is 2.37. The Morgan fingerprint density at radius 2 is 1.74 bits per heavy atom. The van der Waals surface area contributed by atoms with E-state index in [0.29, 0.717) is 13.1 Å². The minimum atomic E-state index is -3.97. The highest BCUT2D eigenvalue weighted by atomic mass is 35.7. The number of benzene rings is 1. The summed E-state index contributed by atoms with van der Waals surface area (Å²) in [6.45, 7) is 7.70. The van der Waals surface area contributed by atoms with E-state index in [0.717, 1.165) is 0 Å². The Labute approximate surface area is 117 Å². The third kappa shape index (κ3) is 3.94. The maximum Gasteiger partial charge on any atom is 0.262 e. The molecular formula is C13H14ClNO3S. The summed E-state index contributed by atoms with van der Waals surface area (Å²) in [6, 6.07) is 5.82. The molecule has 0 aliphatic heterocycles. The van der Waals surface area contributed by atoms with Crippen LogP contribution in [0, 0.1) is 0 Å². The van der Waals surface area contributed by atoms with Gasteiger partial charge in [-0.15, -0.1) is 13.2 Å². The van der Waals surface area contributed by atoms with Crippen LogP contribution in [-0.2, 0) is 9.05 Å². The summed E-state index contributed by atoms with van der Waals surface area (Å²) in [5, 5.41) is 0. The summed E-state index contributed by atoms with van der Waals surface area (Å²) in [7, 11) is 1.36. The van der Waals surface area contributed by atoms with Crippen LogP contribution in [0.15, 0.2) is 54.5 Å². The molecule has 0 N–H and O–H groups in total. The number of halogens is 1. The van der Waals surface area contributed by atoms with E-state index in [2.05, 4.69) is 13.2 Å². The maximum atomic E-state index is 12.3. The smallest absolute Gasteiger partial charge is 0.262 e. The van der Waals surface area contributed by atoms with Crippen LogP contribution in [0.2, 0.25) is 0 Å². The fourth-order valence-electron chi connectivity index (χ4n) is 1.58. The van der Waals surface area contributed by atoms with E-state index < -0.39 is 15.0 Å². The second kappa shape index (κ2) is 6.54. The molecule has 1 rings (SSSR count). The Balaban J connectivity index is 3.25. The molecule has 0 spiro atoms. The molecule has 0 saturated heterocycles. The number of carbonyl (C=O) groups is 1. The monoisotopic (exact) mass is 299 g/mol. The van der Waals surface area contributed by atoms with E-state index in [1.807, 2.05) is 0 Å². The number of nitrogens with zero attached hydrogens (tertiary/aromatic N) is 1. The molecule has 0 saturated carbocycles. The van der Waals surface area contributed by atoms with Gasteiger partial charge in [-0.1, -0.05) is 24.3 Å². The van der Waals surface area contributed by atoms with Crippen molar-refractivity contribution in [1.82, 2.24) is 4.90 Å². The molecule has 0 radical (unpaired) electrons. The molecule has 19 heavy (non-hydrogen) atoms. The third-order valence-electron chi connectivity index (χ3n) is 2.37. The van der Waals surface area contributed by atoms with Gasteiger partial charge in [0, 0.05) is 23.8 Å². The largest absolute Gasteiger partial charge is 0.331 e. The molecule has 0 heterocycles. The van der Waals surface area contributed by atoms with Gasteiger partial charge in [0.05, 0.1) is 10.5 Å². The molecule has 0 aromatic heterocycles. The van der Waals surface area contributed by atoms with E-state index in [1.54, 1.807) is 18.2 Å². The van der Waals surface area contributed by atoms with Crippen LogP contribution in [0.4, 0.5) is 0 Å². The molecule has 102 valence electrons. The summed E-state index contributed by atoms with van der Waals surface area (Å²) in [6.07, 6.45) is 3.11. The number of hydrogen-bond acceptors (Lipinski definition) is 3. The van der Waals surface area contributed by atoms with Crippen molar-refractivity contribution in [3.63, 3.8) is 0 Å². The lowest BCUT2D eigenvalue weighted by atomic mass is 10.2. The van der Waals surface area contributed by atoms with Gasteiger partial charge in [-0.3, -0.25) is 4.79 Å². The Bertz CT molecular complexity index is 586. The molecule has 6 heteroatoms. The normalized spacial score (nSPS) is 10.8. The lowest BCUT2D eigenvalue weighted by Crippen LogP contribution is -2.32. The Hall–Kier alpha value is -1.59. The van der Waals surface area contributed by atoms with Gasteiger partial charge in [0.15, 0.2) is 0 Å². The molecule has 0 aliphatic carbocycles. The standard InChI is InChI=1S/C13H14ClNO3S/c1-3-9-15(10-4-2)13(16)11-7-5-6-8-12(11)19(14,17)18/h3-8H,1-2,9-10H2. The molecule has 0 bridgehead atoms. The summed E-state index contributed by atoms with van der Waals surface area (Å²) in [5.74, 6) is -0.431. The lowest BCUT2D eigenvalue weighted by Gasteiger charge is -2.20. The summed E-state index contributed by atoms with van der Waals surface area (Å²) >= 11 is 0. The first-order chi connectivity index (χ1) is 8.91. The molecule has 0 unspecified atom stereocenters. The van der Waals surface area contributed by atoms with Gasteiger partial charge < -0.3 is 4.90 Å². The van der Waals surface area contributed by atoms with Crippen LogP contribution in [0.5, 0.6) is 0 Å². The van der Waals surface area contributed by atoms with Gasteiger partial charge in [0.1, 0.15) is 0 Å². The van der Waals surface area contributed by atoms with Crippen LogP contribution >= 0.6 is 10.7 Å². The minimum Gasteiger partial charge on any atom is -0.331 e. The second-order valence-corrected chi connectivity index (χ2v) is 6.26. The number of carbonyl (C=O) groups excluding carboxylic acids is 1. The first-order valence-electron chi connectivity index (χ1n) is 5.46. The predicted octanol–water partition coefficient (Wildman–Crippen LogP) is 2.43. The van der Waals surface area contributed by atoms with Crippen LogP contribution < -0.4 is 0 Å². The topological polar surface area (TPSA) is 54.5 Å². The van der Waals surface area contributed by atoms with E-state index in [9.17, 15) is 13.2 Å². The van der Waals surface area contributed by atoms with Crippen LogP contribution in [0.3, 0.4) is 0 Å². The van der Waals surface area contributed by atoms with Gasteiger partial charge in [-0.05, 0) is 12.1 Å². The van der Waals surface area contributed by atoms with Crippen molar-refractivity contribution < 1.29 is 13.2 Å². The highest BCUT2D eigenvalue weighted by Gasteiger charge is 2.22. The third-order valence-corrected chi connectivity index (χ3v) is 3.75. The molecule has 0 aliphatic rings. The zero-order valence-electron chi connectivity index (χ0n) is 10.3. The summed E-state index contributed by atoms with van der Waals surface area (Å²) in [5.41, 5.74) is 0.0428. The van der Waals surface area contributed by atoms with Crippen molar-refractivity contribution in [2.75, 3.05) is 13.1 Å². The molecule has 1 aromatic carbocycles. The quantitative estimate of drug-likeness (QED) is 0.599. The SMILES string of the molecule is C=CCN(CC=C)C(=O)c1ccccc1S(=O)(=O)Cl. The maximum absolute atomic E-state index is 12.3. The predicted molar refractivity (Wildman–Crippen MR) is 75.8 cm³/mol. The minimum absolute atomic E-state index is 0.0428. The Morgan fingerprint density at radius 1 is 1.21 bits per heavy atom. The van der Waals surface area contributed by atoms with Crippen molar-refractivity contribution in [3.05, 3.63) is 55.1 Å². The Kier molecular flexibility index (Phi) is 5.32. The van der Waals surface area contributed by atoms with Crippen molar-refractivity contribution >= 4 is 25.6 Å². The number of amides is 1. The van der Waals surface area contributed by atoms with Crippen molar-refractivity contribution in [3.8, 4) is 0 Å². The van der Waals surface area contributed by atoms with E-state index >= 15 is 0 Å². The first-order valence-corrected chi connectivity index (χ1v) is 7.77. The fraction of sp³-hybridized carbons (Fsp3) is 0.154. The number of hydrogen-bond donors (Lipinski definition) is 0. The highest BCUT2D eigenvalue weighted by molar-refractivity contribution is 8.13. The van der Waals surface area contributed by atoms with Gasteiger partial charge >= 0.3 is 0 Å². The Morgan fingerprint density at radius 3 is 2.21 bits per heavy atom. The summed E-state index contributed by atoms with van der Waals surface area (Å²) < 4.78 is 22.9. The van der Waals surface area contributed by atoms with E-state index in [-0.39, 0.29) is 10.5 Å². The van der Waals surface area contributed by atoms with Crippen molar-refractivity contribution in [1.29, 1.82) is 0 Å². The van der Waals surface area contributed by atoms with Crippen LogP contribution in [0.25, 0.3) is 0 Å². The lowest BCUT2D eigenvalue weighted by molar-refractivity contribution is 0.0787. The van der Waals surface area contributed by atoms with E-state index in [4.69, 9.17) is 10.7 Å². The molecule has 0 atom stereocenters. The van der Waals surface area contributed by atoms with Gasteiger partial charge in [-0.25, -0.2) is 8.42 Å². The molecule has 1 amide bonds. The van der Waals surface area contributed by atoms with Crippen LogP contribution in [0.1, 0.15) is 10.4 Å². The van der Waals surface area contributed by atoms with E-state index in [1.165, 1.54) is 23.1 Å². The molecule has 0 fully saturated rings.